The van der Waals surface area contributed by atoms with Crippen LogP contribution in [0.2, 0.25) is 9.45 Å². The Labute approximate surface area is 274 Å². The van der Waals surface area contributed by atoms with Crippen molar-refractivity contribution < 1.29 is 41.4 Å². The molecule has 2 aliphatic carbocycles. The summed E-state index contributed by atoms with van der Waals surface area (Å²) < 4.78 is 4.26. The van der Waals surface area contributed by atoms with Gasteiger partial charge in [0.25, 0.3) is 0 Å². The summed E-state index contributed by atoms with van der Waals surface area (Å²) in [6.07, 6.45) is 5.26. The number of halogens is 2. The molecular weight excluding hydrogens is 599 g/mol. The monoisotopic (exact) mass is 640 g/mol. The molecule has 1 aliphatic heterocycles. The molecule has 4 aromatic carbocycles. The van der Waals surface area contributed by atoms with Gasteiger partial charge in [0.2, 0.25) is 0 Å². The summed E-state index contributed by atoms with van der Waals surface area (Å²) in [7, 11) is 0. The van der Waals surface area contributed by atoms with Gasteiger partial charge >= 0.3 is 252 Å². The Balaban J connectivity index is 0.00000184. The van der Waals surface area contributed by atoms with E-state index >= 15 is 0 Å². The zero-order chi connectivity index (χ0) is 28.5. The summed E-state index contributed by atoms with van der Waals surface area (Å²) in [5.41, 5.74) is 17.9. The van der Waals surface area contributed by atoms with Crippen LogP contribution in [0.25, 0.3) is 34.4 Å². The van der Waals surface area contributed by atoms with Crippen LogP contribution in [0.5, 0.6) is 0 Å². The van der Waals surface area contributed by atoms with Crippen molar-refractivity contribution in [3.8, 4) is 22.3 Å². The van der Waals surface area contributed by atoms with Crippen LogP contribution in [0, 0.1) is 25.7 Å². The molecule has 0 amide bonds. The predicted octanol–water partition coefficient (Wildman–Crippen LogP) is 5.54. The Morgan fingerprint density at radius 3 is 1.23 bits per heavy atom. The van der Waals surface area contributed by atoms with Crippen LogP contribution in [0.3, 0.4) is 0 Å². The molecule has 1 heterocycles. The molecule has 1 fully saturated rings. The fraction of sp³-hybridized carbons (Fsp3) is 0.300. The fourth-order valence-corrected chi connectivity index (χ4v) is 18.7. The number of aryl methyl sites for hydroxylation is 2. The molecule has 0 bridgehead atoms. The minimum absolute atomic E-state index is 0. The van der Waals surface area contributed by atoms with Crippen molar-refractivity contribution in [3.05, 3.63) is 129 Å². The van der Waals surface area contributed by atoms with Crippen molar-refractivity contribution in [2.24, 2.45) is 11.8 Å². The molecule has 0 radical (unpaired) electrons. The minimum atomic E-state index is -2.44. The average Bonchev–Trinajstić information content (AvgIpc) is 3.47. The zero-order valence-electron chi connectivity index (χ0n) is 26.2. The standard InChI is InChI=1S/2C19H19.C2H4.2ClH.Ti/c2*1-13(2)17-11-16-5-4-6-18(19(16)12-17)15-9-7-14(3)8-10-15;1-2;;;/h2*4-13H,1-3H3;1-2H2;2*1H;/q;;;;;+2/p-2. The second kappa shape index (κ2) is 12.2. The molecule has 4 aromatic rings. The third kappa shape index (κ3) is 5.34. The maximum Gasteiger partial charge on any atom is -1.00 e. The van der Waals surface area contributed by atoms with Crippen molar-refractivity contribution in [3.63, 3.8) is 0 Å². The maximum absolute atomic E-state index is 2.63. The molecule has 0 aromatic heterocycles. The first-order chi connectivity index (χ1) is 19.8. The molecule has 7 rings (SSSR count). The number of fused-ring (bicyclic) bond motifs is 2. The van der Waals surface area contributed by atoms with Crippen LogP contribution in [0.15, 0.2) is 96.1 Å². The molecule has 2 atom stereocenters. The zero-order valence-corrected chi connectivity index (χ0v) is 29.3. The Hall–Kier alpha value is -2.35. The molecule has 3 aliphatic rings. The quantitative estimate of drug-likeness (QED) is 0.243. The number of rotatable bonds is 6. The van der Waals surface area contributed by atoms with Gasteiger partial charge in [0.15, 0.2) is 0 Å². The van der Waals surface area contributed by atoms with Gasteiger partial charge in [0, 0.05) is 0 Å². The summed E-state index contributed by atoms with van der Waals surface area (Å²) in [5, 5.41) is 0. The van der Waals surface area contributed by atoms with Gasteiger partial charge in [-0.1, -0.05) is 0 Å². The van der Waals surface area contributed by atoms with Gasteiger partial charge in [-0.25, -0.2) is 0 Å². The summed E-state index contributed by atoms with van der Waals surface area (Å²) in [5.74, 6) is 1.13. The van der Waals surface area contributed by atoms with Crippen molar-refractivity contribution in [1.29, 1.82) is 0 Å². The van der Waals surface area contributed by atoms with E-state index in [0.717, 1.165) is 0 Å². The number of benzene rings is 4. The van der Waals surface area contributed by atoms with E-state index in [9.17, 15) is 0 Å². The first kappa shape index (κ1) is 32.1. The van der Waals surface area contributed by atoms with Crippen LogP contribution >= 0.6 is 0 Å². The van der Waals surface area contributed by atoms with E-state index in [0.29, 0.717) is 20.3 Å². The largest absolute Gasteiger partial charge is 1.00 e. The van der Waals surface area contributed by atoms with Crippen LogP contribution in [0.4, 0.5) is 0 Å². The first-order valence-electron chi connectivity index (χ1n) is 15.6. The molecule has 0 spiro atoms. The second-order valence-corrected chi connectivity index (χ2v) is 20.8. The van der Waals surface area contributed by atoms with Crippen LogP contribution in [-0.4, -0.2) is 0 Å². The van der Waals surface area contributed by atoms with Crippen molar-refractivity contribution in [2.75, 3.05) is 0 Å². The van der Waals surface area contributed by atoms with Gasteiger partial charge in [0.05, 0.1) is 0 Å². The topological polar surface area (TPSA) is 0 Å². The molecule has 0 N–H and O–H groups in total. The first-order valence-corrected chi connectivity index (χ1v) is 19.6. The van der Waals surface area contributed by atoms with Gasteiger partial charge < -0.3 is 24.8 Å². The van der Waals surface area contributed by atoms with Gasteiger partial charge in [0.1, 0.15) is 0 Å². The number of hydrogen-bond acceptors (Lipinski definition) is 0. The molecule has 1 saturated heterocycles. The van der Waals surface area contributed by atoms with E-state index in [1.807, 2.05) is 0 Å². The van der Waals surface area contributed by atoms with Gasteiger partial charge in [-0.3, -0.25) is 0 Å². The Morgan fingerprint density at radius 2 is 0.907 bits per heavy atom. The maximum atomic E-state index is 2.63. The summed E-state index contributed by atoms with van der Waals surface area (Å²) >= 11 is -2.44. The number of hydrogen-bond donors (Lipinski definition) is 0. The van der Waals surface area contributed by atoms with Crippen molar-refractivity contribution in [2.45, 2.75) is 59.4 Å². The van der Waals surface area contributed by atoms with Gasteiger partial charge in [-0.2, -0.15) is 0 Å². The summed E-state index contributed by atoms with van der Waals surface area (Å²) in [6, 6.07) is 32.7. The third-order valence-electron chi connectivity index (χ3n) is 10.2. The Bertz CT molecular complexity index is 1580. The predicted molar refractivity (Wildman–Crippen MR) is 174 cm³/mol. The number of allylic oxidation sites excluding steroid dienone is 2. The third-order valence-corrected chi connectivity index (χ3v) is 18.4. The van der Waals surface area contributed by atoms with E-state index in [2.05, 4.69) is 139 Å². The van der Waals surface area contributed by atoms with Gasteiger partial charge in [-0.05, 0) is 0 Å². The molecule has 43 heavy (non-hydrogen) atoms. The molecule has 2 unspecified atom stereocenters. The fourth-order valence-electron chi connectivity index (χ4n) is 7.99. The molecule has 0 nitrogen and oxygen atoms in total. The molecule has 0 saturated carbocycles. The second-order valence-electron chi connectivity index (χ2n) is 13.5. The Kier molecular flexibility index (Phi) is 9.11. The van der Waals surface area contributed by atoms with E-state index in [1.54, 1.807) is 22.3 Å². The van der Waals surface area contributed by atoms with Gasteiger partial charge in [-0.15, -0.1) is 0 Å². The molecule has 3 heteroatoms. The smallest absolute Gasteiger partial charge is 1.00 e. The Morgan fingerprint density at radius 1 is 0.535 bits per heavy atom. The summed E-state index contributed by atoms with van der Waals surface area (Å²) in [4.78, 5) is 0. The van der Waals surface area contributed by atoms with E-state index < -0.39 is 16.6 Å². The summed E-state index contributed by atoms with van der Waals surface area (Å²) in [6.45, 7) is 14.1. The molecule has 220 valence electrons. The van der Waals surface area contributed by atoms with Crippen molar-refractivity contribution >= 4 is 12.2 Å². The molecular formula is C40H42Cl2Ti. The van der Waals surface area contributed by atoms with E-state index in [4.69, 9.17) is 0 Å². The SMILES string of the molecule is Cc1ccc(-c2cccc3c2C=C(C(C)C)[CH]3[Ti+2]2([CH]3C(C(C)C)=Cc4c(-c5ccc(C)cc5)cccc43)[CH2][CH2]2)cc1.[Cl-].[Cl-]. The minimum Gasteiger partial charge on any atom is -1.00 e. The van der Waals surface area contributed by atoms with Crippen molar-refractivity contribution in [1.82, 2.24) is 0 Å². The van der Waals surface area contributed by atoms with E-state index in [1.165, 1.54) is 54.0 Å². The average molecular weight is 642 g/mol. The normalized spacial score (nSPS) is 18.5. The van der Waals surface area contributed by atoms with E-state index in [-0.39, 0.29) is 24.8 Å². The van der Waals surface area contributed by atoms with Crippen LogP contribution in [0.1, 0.15) is 69.5 Å². The van der Waals surface area contributed by atoms with Crippen LogP contribution < -0.4 is 24.8 Å². The van der Waals surface area contributed by atoms with Crippen LogP contribution in [-0.2, 0) is 16.6 Å².